The Morgan fingerprint density at radius 2 is 2.33 bits per heavy atom. The van der Waals surface area contributed by atoms with Crippen molar-refractivity contribution < 1.29 is 4.74 Å². The van der Waals surface area contributed by atoms with Crippen LogP contribution in [0.1, 0.15) is 12.5 Å². The third-order valence-electron chi connectivity index (χ3n) is 2.08. The van der Waals surface area contributed by atoms with Crippen molar-refractivity contribution >= 4 is 17.3 Å². The molecule has 0 aliphatic rings. The zero-order valence-electron chi connectivity index (χ0n) is 8.75. The highest BCUT2D eigenvalue weighted by Crippen LogP contribution is 2.20. The summed E-state index contributed by atoms with van der Waals surface area (Å²) < 4.78 is 5.10. The van der Waals surface area contributed by atoms with Crippen molar-refractivity contribution in [3.63, 3.8) is 0 Å². The highest BCUT2D eigenvalue weighted by molar-refractivity contribution is 6.30. The van der Waals surface area contributed by atoms with Gasteiger partial charge in [-0.25, -0.2) is 0 Å². The molecule has 0 bridgehead atoms. The molecule has 0 heterocycles. The second-order valence-electron chi connectivity index (χ2n) is 3.23. The van der Waals surface area contributed by atoms with E-state index in [9.17, 15) is 0 Å². The third kappa shape index (κ3) is 3.43. The Balaban J connectivity index is 2.75. The minimum absolute atomic E-state index is 0.0931. The van der Waals surface area contributed by atoms with Crippen LogP contribution >= 0.6 is 11.6 Å². The van der Waals surface area contributed by atoms with Gasteiger partial charge in [-0.05, 0) is 25.1 Å². The third-order valence-corrected chi connectivity index (χ3v) is 2.32. The molecule has 0 aliphatic carbocycles. The summed E-state index contributed by atoms with van der Waals surface area (Å²) in [6, 6.07) is 7.24. The molecule has 15 heavy (non-hydrogen) atoms. The van der Waals surface area contributed by atoms with E-state index in [-0.39, 0.29) is 6.10 Å². The molecule has 0 fully saturated rings. The number of nitriles is 1. The van der Waals surface area contributed by atoms with Crippen molar-refractivity contribution in [3.05, 3.63) is 28.8 Å². The molecular formula is C11H13ClN2O. The van der Waals surface area contributed by atoms with E-state index in [1.54, 1.807) is 25.3 Å². The number of halogens is 1. The molecule has 1 N–H and O–H groups in total. The summed E-state index contributed by atoms with van der Waals surface area (Å²) in [7, 11) is 1.65. The van der Waals surface area contributed by atoms with E-state index in [0.29, 0.717) is 17.1 Å². The normalized spacial score (nSPS) is 11.9. The van der Waals surface area contributed by atoms with Gasteiger partial charge in [-0.2, -0.15) is 5.26 Å². The van der Waals surface area contributed by atoms with Crippen LogP contribution in [0.4, 0.5) is 5.69 Å². The largest absolute Gasteiger partial charge is 0.381 e. The fourth-order valence-corrected chi connectivity index (χ4v) is 1.27. The van der Waals surface area contributed by atoms with E-state index < -0.39 is 0 Å². The predicted molar refractivity (Wildman–Crippen MR) is 61.1 cm³/mol. The molecule has 80 valence electrons. The summed E-state index contributed by atoms with van der Waals surface area (Å²) in [5.74, 6) is 0. The van der Waals surface area contributed by atoms with Crippen LogP contribution in [0, 0.1) is 11.3 Å². The number of hydrogen-bond acceptors (Lipinski definition) is 3. The first-order valence-corrected chi connectivity index (χ1v) is 5.01. The lowest BCUT2D eigenvalue weighted by Gasteiger charge is -2.12. The number of nitrogens with one attached hydrogen (secondary N) is 1. The Kier molecular flexibility index (Phi) is 4.41. The molecule has 1 atom stereocenters. The lowest BCUT2D eigenvalue weighted by molar-refractivity contribution is 0.129. The second kappa shape index (κ2) is 5.59. The van der Waals surface area contributed by atoms with Crippen LogP contribution in [0.5, 0.6) is 0 Å². The van der Waals surface area contributed by atoms with Crippen molar-refractivity contribution in [2.24, 2.45) is 0 Å². The van der Waals surface area contributed by atoms with Gasteiger partial charge < -0.3 is 10.1 Å². The van der Waals surface area contributed by atoms with Crippen molar-refractivity contribution in [2.45, 2.75) is 13.0 Å². The number of ether oxygens (including phenoxy) is 1. The lowest BCUT2D eigenvalue weighted by atomic mass is 10.2. The van der Waals surface area contributed by atoms with E-state index in [4.69, 9.17) is 21.6 Å². The Bertz CT molecular complexity index is 373. The van der Waals surface area contributed by atoms with Crippen molar-refractivity contribution in [2.75, 3.05) is 19.0 Å². The Hall–Kier alpha value is -1.24. The number of methoxy groups -OCH3 is 1. The molecule has 0 spiro atoms. The molecule has 1 rings (SSSR count). The minimum Gasteiger partial charge on any atom is -0.381 e. The fraction of sp³-hybridized carbons (Fsp3) is 0.364. The van der Waals surface area contributed by atoms with Gasteiger partial charge >= 0.3 is 0 Å². The van der Waals surface area contributed by atoms with E-state index in [1.165, 1.54) is 0 Å². The van der Waals surface area contributed by atoms with Gasteiger partial charge in [0, 0.05) is 18.7 Å². The van der Waals surface area contributed by atoms with Crippen LogP contribution in [0.3, 0.4) is 0 Å². The molecule has 0 aromatic heterocycles. The average Bonchev–Trinajstić information content (AvgIpc) is 2.26. The summed E-state index contributed by atoms with van der Waals surface area (Å²) in [5.41, 5.74) is 1.33. The topological polar surface area (TPSA) is 45.0 Å². The molecule has 0 radical (unpaired) electrons. The maximum atomic E-state index is 8.87. The summed E-state index contributed by atoms with van der Waals surface area (Å²) >= 11 is 5.84. The summed E-state index contributed by atoms with van der Waals surface area (Å²) in [6.07, 6.45) is 0.0931. The lowest BCUT2D eigenvalue weighted by Crippen LogP contribution is -2.18. The van der Waals surface area contributed by atoms with Crippen LogP contribution < -0.4 is 5.32 Å². The summed E-state index contributed by atoms with van der Waals surface area (Å²) in [5, 5.41) is 12.6. The number of nitrogens with zero attached hydrogens (tertiary/aromatic N) is 1. The van der Waals surface area contributed by atoms with Crippen LogP contribution in [0.15, 0.2) is 18.2 Å². The van der Waals surface area contributed by atoms with Crippen LogP contribution in [-0.4, -0.2) is 19.8 Å². The van der Waals surface area contributed by atoms with Gasteiger partial charge in [0.05, 0.1) is 17.4 Å². The van der Waals surface area contributed by atoms with E-state index >= 15 is 0 Å². The van der Waals surface area contributed by atoms with E-state index in [0.717, 1.165) is 5.69 Å². The van der Waals surface area contributed by atoms with Crippen LogP contribution in [-0.2, 0) is 4.74 Å². The Labute approximate surface area is 94.6 Å². The van der Waals surface area contributed by atoms with Gasteiger partial charge in [-0.3, -0.25) is 0 Å². The number of hydrogen-bond donors (Lipinski definition) is 1. The fourth-order valence-electron chi connectivity index (χ4n) is 1.10. The maximum Gasteiger partial charge on any atom is 0.101 e. The van der Waals surface area contributed by atoms with Gasteiger partial charge in [0.2, 0.25) is 0 Å². The van der Waals surface area contributed by atoms with E-state index in [2.05, 4.69) is 11.4 Å². The highest BCUT2D eigenvalue weighted by Gasteiger charge is 2.04. The average molecular weight is 225 g/mol. The summed E-state index contributed by atoms with van der Waals surface area (Å²) in [6.45, 7) is 2.59. The van der Waals surface area contributed by atoms with Gasteiger partial charge in [-0.1, -0.05) is 11.6 Å². The van der Waals surface area contributed by atoms with Gasteiger partial charge in [0.25, 0.3) is 0 Å². The van der Waals surface area contributed by atoms with Crippen molar-refractivity contribution in [1.29, 1.82) is 5.26 Å². The van der Waals surface area contributed by atoms with Crippen molar-refractivity contribution in [3.8, 4) is 6.07 Å². The van der Waals surface area contributed by atoms with Crippen LogP contribution in [0.2, 0.25) is 5.02 Å². The summed E-state index contributed by atoms with van der Waals surface area (Å²) in [4.78, 5) is 0. The molecule has 0 saturated carbocycles. The Morgan fingerprint density at radius 3 is 2.93 bits per heavy atom. The second-order valence-corrected chi connectivity index (χ2v) is 3.67. The molecule has 1 aromatic carbocycles. The number of benzene rings is 1. The molecule has 0 amide bonds. The van der Waals surface area contributed by atoms with Gasteiger partial charge in [0.15, 0.2) is 0 Å². The Morgan fingerprint density at radius 1 is 1.60 bits per heavy atom. The standard InChI is InChI=1S/C11H13ClN2O/c1-8(15-2)7-14-11-5-10(12)4-3-9(11)6-13/h3-5,8,14H,7H2,1-2H3. The molecule has 1 unspecified atom stereocenters. The number of anilines is 1. The molecule has 1 aromatic rings. The zero-order chi connectivity index (χ0) is 11.3. The highest BCUT2D eigenvalue weighted by atomic mass is 35.5. The first-order chi connectivity index (χ1) is 7.17. The molecule has 4 heteroatoms. The SMILES string of the molecule is COC(C)CNc1cc(Cl)ccc1C#N. The van der Waals surface area contributed by atoms with E-state index in [1.807, 2.05) is 6.92 Å². The monoisotopic (exact) mass is 224 g/mol. The molecule has 3 nitrogen and oxygen atoms in total. The zero-order valence-corrected chi connectivity index (χ0v) is 9.51. The maximum absolute atomic E-state index is 8.87. The quantitative estimate of drug-likeness (QED) is 0.855. The molecule has 0 saturated heterocycles. The number of rotatable bonds is 4. The predicted octanol–water partition coefficient (Wildman–Crippen LogP) is 2.66. The smallest absolute Gasteiger partial charge is 0.101 e. The van der Waals surface area contributed by atoms with Crippen molar-refractivity contribution in [1.82, 2.24) is 0 Å². The molecule has 0 aliphatic heterocycles. The minimum atomic E-state index is 0.0931. The van der Waals surface area contributed by atoms with Gasteiger partial charge in [-0.15, -0.1) is 0 Å². The van der Waals surface area contributed by atoms with Crippen LogP contribution in [0.25, 0.3) is 0 Å². The first kappa shape index (κ1) is 11.8. The van der Waals surface area contributed by atoms with Gasteiger partial charge in [0.1, 0.15) is 6.07 Å². The molecular weight excluding hydrogens is 212 g/mol. The first-order valence-electron chi connectivity index (χ1n) is 4.63.